The molecular weight excluding hydrogens is 441 g/mol. The van der Waals surface area contributed by atoms with E-state index in [9.17, 15) is 0 Å². The van der Waals surface area contributed by atoms with Crippen molar-refractivity contribution in [3.63, 3.8) is 0 Å². The van der Waals surface area contributed by atoms with Crippen LogP contribution in [-0.4, -0.2) is 26.7 Å². The fourth-order valence-electron chi connectivity index (χ4n) is 2.51. The SMILES string of the molecule is CCNC(=NCc1cc(C)cc(OC)c1)NCc1cccc(OC)c1.I. The zero-order valence-corrected chi connectivity index (χ0v) is 18.2. The van der Waals surface area contributed by atoms with Gasteiger partial charge in [0.1, 0.15) is 11.5 Å². The number of aryl methyl sites for hydroxylation is 1. The Balaban J connectivity index is 0.00000338. The predicted octanol–water partition coefficient (Wildman–Crippen LogP) is 3.89. The Kier molecular flexibility index (Phi) is 9.87. The third kappa shape index (κ3) is 7.11. The second-order valence-electron chi connectivity index (χ2n) is 5.76. The van der Waals surface area contributed by atoms with Crippen LogP contribution in [0.5, 0.6) is 11.5 Å². The van der Waals surface area contributed by atoms with Gasteiger partial charge in [0.2, 0.25) is 0 Å². The van der Waals surface area contributed by atoms with Crippen LogP contribution >= 0.6 is 24.0 Å². The summed E-state index contributed by atoms with van der Waals surface area (Å²) in [6.45, 7) is 6.19. The van der Waals surface area contributed by atoms with Crippen molar-refractivity contribution < 1.29 is 9.47 Å². The van der Waals surface area contributed by atoms with Gasteiger partial charge in [-0.15, -0.1) is 24.0 Å². The van der Waals surface area contributed by atoms with Gasteiger partial charge in [-0.2, -0.15) is 0 Å². The molecule has 0 bridgehead atoms. The van der Waals surface area contributed by atoms with Gasteiger partial charge in [-0.1, -0.05) is 18.2 Å². The highest BCUT2D eigenvalue weighted by molar-refractivity contribution is 14.0. The first-order chi connectivity index (χ1) is 12.1. The van der Waals surface area contributed by atoms with E-state index in [0.717, 1.165) is 35.1 Å². The average Bonchev–Trinajstić information content (AvgIpc) is 2.63. The van der Waals surface area contributed by atoms with E-state index in [0.29, 0.717) is 13.1 Å². The number of benzene rings is 2. The number of nitrogens with zero attached hydrogens (tertiary/aromatic N) is 1. The van der Waals surface area contributed by atoms with E-state index in [4.69, 9.17) is 9.47 Å². The van der Waals surface area contributed by atoms with Gasteiger partial charge in [-0.25, -0.2) is 4.99 Å². The highest BCUT2D eigenvalue weighted by atomic mass is 127. The average molecular weight is 469 g/mol. The summed E-state index contributed by atoms with van der Waals surface area (Å²) in [4.78, 5) is 4.67. The summed E-state index contributed by atoms with van der Waals surface area (Å²) < 4.78 is 10.6. The van der Waals surface area contributed by atoms with Gasteiger partial charge in [0.15, 0.2) is 5.96 Å². The summed E-state index contributed by atoms with van der Waals surface area (Å²) in [5, 5.41) is 6.63. The molecule has 142 valence electrons. The van der Waals surface area contributed by atoms with Crippen LogP contribution < -0.4 is 20.1 Å². The predicted molar refractivity (Wildman–Crippen MR) is 118 cm³/mol. The Labute approximate surface area is 173 Å². The molecule has 0 aliphatic carbocycles. The summed E-state index contributed by atoms with van der Waals surface area (Å²) in [6, 6.07) is 14.2. The molecule has 5 nitrogen and oxygen atoms in total. The third-order valence-electron chi connectivity index (χ3n) is 3.70. The number of aliphatic imine (C=N–C) groups is 1. The van der Waals surface area contributed by atoms with Gasteiger partial charge in [-0.3, -0.25) is 0 Å². The number of hydrogen-bond donors (Lipinski definition) is 2. The minimum Gasteiger partial charge on any atom is -0.497 e. The summed E-state index contributed by atoms with van der Waals surface area (Å²) >= 11 is 0. The van der Waals surface area contributed by atoms with Crippen molar-refractivity contribution in [2.45, 2.75) is 26.9 Å². The van der Waals surface area contributed by atoms with Crippen molar-refractivity contribution in [3.8, 4) is 11.5 Å². The summed E-state index contributed by atoms with van der Waals surface area (Å²) in [5.74, 6) is 2.50. The van der Waals surface area contributed by atoms with Crippen LogP contribution in [0.4, 0.5) is 0 Å². The summed E-state index contributed by atoms with van der Waals surface area (Å²) in [7, 11) is 3.36. The molecule has 0 saturated heterocycles. The molecule has 0 aromatic heterocycles. The van der Waals surface area contributed by atoms with Crippen LogP contribution in [0.25, 0.3) is 0 Å². The Hall–Kier alpha value is -1.96. The number of halogens is 1. The van der Waals surface area contributed by atoms with Crippen LogP contribution in [0.3, 0.4) is 0 Å². The van der Waals surface area contributed by atoms with Crippen molar-refractivity contribution >= 4 is 29.9 Å². The number of hydrogen-bond acceptors (Lipinski definition) is 3. The smallest absolute Gasteiger partial charge is 0.191 e. The van der Waals surface area contributed by atoms with E-state index in [2.05, 4.69) is 41.6 Å². The van der Waals surface area contributed by atoms with Crippen LogP contribution in [0.2, 0.25) is 0 Å². The van der Waals surface area contributed by atoms with Gasteiger partial charge in [-0.05, 0) is 54.8 Å². The third-order valence-corrected chi connectivity index (χ3v) is 3.70. The molecule has 0 radical (unpaired) electrons. The molecule has 0 saturated carbocycles. The monoisotopic (exact) mass is 469 g/mol. The van der Waals surface area contributed by atoms with Crippen molar-refractivity contribution in [3.05, 3.63) is 59.2 Å². The van der Waals surface area contributed by atoms with E-state index >= 15 is 0 Å². The molecule has 0 aliphatic heterocycles. The zero-order chi connectivity index (χ0) is 18.1. The van der Waals surface area contributed by atoms with E-state index in [1.807, 2.05) is 30.3 Å². The molecule has 2 aromatic carbocycles. The summed E-state index contributed by atoms with van der Waals surface area (Å²) in [5.41, 5.74) is 3.43. The number of guanidine groups is 1. The first-order valence-electron chi connectivity index (χ1n) is 8.44. The molecule has 0 heterocycles. The maximum absolute atomic E-state index is 5.33. The van der Waals surface area contributed by atoms with Crippen molar-refractivity contribution in [2.24, 2.45) is 4.99 Å². The lowest BCUT2D eigenvalue weighted by Gasteiger charge is -2.12. The zero-order valence-electron chi connectivity index (χ0n) is 15.8. The molecule has 0 spiro atoms. The first kappa shape index (κ1) is 22.1. The fraction of sp³-hybridized carbons (Fsp3) is 0.350. The van der Waals surface area contributed by atoms with E-state index in [1.54, 1.807) is 14.2 Å². The van der Waals surface area contributed by atoms with Crippen LogP contribution in [0.15, 0.2) is 47.5 Å². The number of rotatable bonds is 7. The van der Waals surface area contributed by atoms with E-state index in [-0.39, 0.29) is 24.0 Å². The van der Waals surface area contributed by atoms with Gasteiger partial charge in [0, 0.05) is 13.1 Å². The largest absolute Gasteiger partial charge is 0.497 e. The quantitative estimate of drug-likeness (QED) is 0.367. The van der Waals surface area contributed by atoms with Gasteiger partial charge < -0.3 is 20.1 Å². The fourth-order valence-corrected chi connectivity index (χ4v) is 2.51. The van der Waals surface area contributed by atoms with Gasteiger partial charge in [0.25, 0.3) is 0 Å². The lowest BCUT2D eigenvalue weighted by molar-refractivity contribution is 0.414. The molecular formula is C20H28IN3O2. The molecule has 0 atom stereocenters. The second-order valence-corrected chi connectivity index (χ2v) is 5.76. The highest BCUT2D eigenvalue weighted by Crippen LogP contribution is 2.17. The molecule has 0 fully saturated rings. The Bertz CT molecular complexity index is 720. The van der Waals surface area contributed by atoms with Crippen LogP contribution in [0.1, 0.15) is 23.6 Å². The topological polar surface area (TPSA) is 54.9 Å². The Morgan fingerprint density at radius 2 is 1.69 bits per heavy atom. The highest BCUT2D eigenvalue weighted by Gasteiger charge is 2.02. The van der Waals surface area contributed by atoms with E-state index < -0.39 is 0 Å². The lowest BCUT2D eigenvalue weighted by atomic mass is 10.1. The molecule has 6 heteroatoms. The Morgan fingerprint density at radius 1 is 0.962 bits per heavy atom. The maximum atomic E-state index is 5.33. The number of methoxy groups -OCH3 is 2. The number of nitrogens with one attached hydrogen (secondary N) is 2. The molecule has 2 rings (SSSR count). The summed E-state index contributed by atoms with van der Waals surface area (Å²) in [6.07, 6.45) is 0. The molecule has 26 heavy (non-hydrogen) atoms. The Morgan fingerprint density at radius 3 is 2.38 bits per heavy atom. The van der Waals surface area contributed by atoms with Crippen LogP contribution in [-0.2, 0) is 13.1 Å². The second kappa shape index (κ2) is 11.6. The van der Waals surface area contributed by atoms with Crippen molar-refractivity contribution in [1.29, 1.82) is 0 Å². The van der Waals surface area contributed by atoms with Crippen molar-refractivity contribution in [1.82, 2.24) is 10.6 Å². The van der Waals surface area contributed by atoms with Gasteiger partial charge in [0.05, 0.1) is 20.8 Å². The molecule has 0 aliphatic rings. The minimum absolute atomic E-state index is 0. The molecule has 0 amide bonds. The van der Waals surface area contributed by atoms with Gasteiger partial charge >= 0.3 is 0 Å². The maximum Gasteiger partial charge on any atom is 0.191 e. The minimum atomic E-state index is 0. The number of ether oxygens (including phenoxy) is 2. The standard InChI is InChI=1S/C20H27N3O2.HI/c1-5-21-20(22-13-16-7-6-8-18(11-16)24-3)23-14-17-9-15(2)10-19(12-17)25-4;/h6-12H,5,13-14H2,1-4H3,(H2,21,22,23);1H. The van der Waals surface area contributed by atoms with Crippen LogP contribution in [0, 0.1) is 6.92 Å². The first-order valence-corrected chi connectivity index (χ1v) is 8.44. The lowest BCUT2D eigenvalue weighted by Crippen LogP contribution is -2.36. The van der Waals surface area contributed by atoms with E-state index in [1.165, 1.54) is 5.56 Å². The normalized spacial score (nSPS) is 10.7. The molecule has 2 aromatic rings. The molecule has 0 unspecified atom stereocenters. The molecule has 2 N–H and O–H groups in total. The van der Waals surface area contributed by atoms with Crippen molar-refractivity contribution in [2.75, 3.05) is 20.8 Å².